The molecule has 0 unspecified atom stereocenters. The van der Waals surface area contributed by atoms with E-state index >= 15 is 0 Å². The molecule has 1 aromatic rings. The number of nitrogens with zero attached hydrogens (tertiary/aromatic N) is 2. The molecule has 0 saturated carbocycles. The second kappa shape index (κ2) is 7.59. The molecule has 0 N–H and O–H groups in total. The van der Waals surface area contributed by atoms with Gasteiger partial charge in [-0.15, -0.1) is 11.6 Å². The largest absolute Gasteiger partial charge is 0.369 e. The first-order valence-electron chi connectivity index (χ1n) is 6.32. The molecule has 0 bridgehead atoms. The molecule has 0 saturated heterocycles. The Morgan fingerprint density at radius 1 is 1.22 bits per heavy atom. The van der Waals surface area contributed by atoms with Crippen molar-refractivity contribution in [1.29, 1.82) is 0 Å². The summed E-state index contributed by atoms with van der Waals surface area (Å²) in [7, 11) is 4.10. The van der Waals surface area contributed by atoms with Gasteiger partial charge in [-0.2, -0.15) is 0 Å². The Bertz CT molecular complexity index is 369. The van der Waals surface area contributed by atoms with E-state index in [1.165, 1.54) is 6.07 Å². The van der Waals surface area contributed by atoms with Gasteiger partial charge >= 0.3 is 0 Å². The molecule has 0 aromatic heterocycles. The molecule has 0 aliphatic heterocycles. The molecule has 1 aromatic carbocycles. The highest BCUT2D eigenvalue weighted by atomic mass is 35.5. The van der Waals surface area contributed by atoms with Gasteiger partial charge in [0, 0.05) is 19.0 Å². The van der Waals surface area contributed by atoms with Crippen molar-refractivity contribution in [2.75, 3.05) is 38.6 Å². The Balaban J connectivity index is 2.69. The van der Waals surface area contributed by atoms with Crippen LogP contribution in [0.4, 0.5) is 10.1 Å². The van der Waals surface area contributed by atoms with E-state index in [9.17, 15) is 4.39 Å². The summed E-state index contributed by atoms with van der Waals surface area (Å²) in [5, 5.41) is 0. The monoisotopic (exact) mass is 272 g/mol. The van der Waals surface area contributed by atoms with E-state index in [1.807, 2.05) is 33.2 Å². The van der Waals surface area contributed by atoms with Gasteiger partial charge in [-0.1, -0.05) is 6.07 Å². The topological polar surface area (TPSA) is 6.48 Å². The fourth-order valence-electron chi connectivity index (χ4n) is 1.92. The number of halogens is 2. The lowest BCUT2D eigenvalue weighted by molar-refractivity contribution is 0.400. The first-order chi connectivity index (χ1) is 8.58. The van der Waals surface area contributed by atoms with Crippen molar-refractivity contribution >= 4 is 17.3 Å². The quantitative estimate of drug-likeness (QED) is 0.703. The molecule has 2 nitrogen and oxygen atoms in total. The van der Waals surface area contributed by atoms with Gasteiger partial charge in [0.1, 0.15) is 5.82 Å². The molecule has 4 heteroatoms. The second-order valence-electron chi connectivity index (χ2n) is 4.66. The highest BCUT2D eigenvalue weighted by Crippen LogP contribution is 2.21. The van der Waals surface area contributed by atoms with Crippen LogP contribution in [0.1, 0.15) is 18.9 Å². The first kappa shape index (κ1) is 15.3. The van der Waals surface area contributed by atoms with Gasteiger partial charge < -0.3 is 9.80 Å². The van der Waals surface area contributed by atoms with Gasteiger partial charge in [-0.3, -0.25) is 0 Å². The van der Waals surface area contributed by atoms with Crippen LogP contribution < -0.4 is 4.90 Å². The van der Waals surface area contributed by atoms with Crippen LogP contribution in [0.5, 0.6) is 0 Å². The highest BCUT2D eigenvalue weighted by molar-refractivity contribution is 6.17. The standard InChI is InChI=1S/C14H22ClFN2/c1-4-18(9-5-8-17(2)3)14-7-6-12(11-15)10-13(14)16/h6-7,10H,4-5,8-9,11H2,1-3H3. The Morgan fingerprint density at radius 3 is 2.44 bits per heavy atom. The van der Waals surface area contributed by atoms with Crippen LogP contribution in [0.15, 0.2) is 18.2 Å². The molecule has 0 atom stereocenters. The van der Waals surface area contributed by atoms with Crippen molar-refractivity contribution in [2.45, 2.75) is 19.2 Å². The fourth-order valence-corrected chi connectivity index (χ4v) is 2.08. The Morgan fingerprint density at radius 2 is 1.94 bits per heavy atom. The van der Waals surface area contributed by atoms with Crippen LogP contribution in [-0.4, -0.2) is 38.6 Å². The molecule has 0 spiro atoms. The molecular weight excluding hydrogens is 251 g/mol. The first-order valence-corrected chi connectivity index (χ1v) is 6.86. The van der Waals surface area contributed by atoms with Crippen LogP contribution >= 0.6 is 11.6 Å². The maximum Gasteiger partial charge on any atom is 0.146 e. The van der Waals surface area contributed by atoms with E-state index in [0.29, 0.717) is 11.6 Å². The van der Waals surface area contributed by atoms with Gasteiger partial charge in [-0.05, 0) is 51.7 Å². The number of alkyl halides is 1. The zero-order valence-corrected chi connectivity index (χ0v) is 12.2. The molecule has 0 radical (unpaired) electrons. The van der Waals surface area contributed by atoms with E-state index in [2.05, 4.69) is 9.80 Å². The normalized spacial score (nSPS) is 11.0. The van der Waals surface area contributed by atoms with E-state index in [0.717, 1.165) is 31.6 Å². The average molecular weight is 273 g/mol. The maximum absolute atomic E-state index is 13.9. The highest BCUT2D eigenvalue weighted by Gasteiger charge is 2.10. The minimum Gasteiger partial charge on any atom is -0.369 e. The Hall–Kier alpha value is -0.800. The van der Waals surface area contributed by atoms with Crippen LogP contribution in [0.25, 0.3) is 0 Å². The molecule has 0 amide bonds. The number of anilines is 1. The molecule has 102 valence electrons. The predicted octanol–water partition coefficient (Wildman–Crippen LogP) is 3.34. The van der Waals surface area contributed by atoms with Crippen LogP contribution in [0.2, 0.25) is 0 Å². The summed E-state index contributed by atoms with van der Waals surface area (Å²) in [4.78, 5) is 4.21. The number of hydrogen-bond acceptors (Lipinski definition) is 2. The predicted molar refractivity (Wildman–Crippen MR) is 77.0 cm³/mol. The molecular formula is C14H22ClFN2. The van der Waals surface area contributed by atoms with Gasteiger partial charge in [0.15, 0.2) is 0 Å². The van der Waals surface area contributed by atoms with Crippen LogP contribution in [0, 0.1) is 5.82 Å². The minimum absolute atomic E-state index is 0.181. The van der Waals surface area contributed by atoms with Crippen LogP contribution in [0.3, 0.4) is 0 Å². The maximum atomic E-state index is 13.9. The van der Waals surface area contributed by atoms with Crippen molar-refractivity contribution in [3.63, 3.8) is 0 Å². The average Bonchev–Trinajstić information content (AvgIpc) is 2.35. The Labute approximate surface area is 114 Å². The van der Waals surface area contributed by atoms with Crippen molar-refractivity contribution in [3.05, 3.63) is 29.6 Å². The summed E-state index contributed by atoms with van der Waals surface area (Å²) in [6.07, 6.45) is 1.03. The van der Waals surface area contributed by atoms with Gasteiger partial charge in [0.05, 0.1) is 5.69 Å². The minimum atomic E-state index is -0.181. The van der Waals surface area contributed by atoms with Crippen LogP contribution in [-0.2, 0) is 5.88 Å². The SMILES string of the molecule is CCN(CCCN(C)C)c1ccc(CCl)cc1F. The summed E-state index contributed by atoms with van der Waals surface area (Å²) in [6.45, 7) is 4.73. The van der Waals surface area contributed by atoms with Crippen molar-refractivity contribution < 1.29 is 4.39 Å². The summed E-state index contributed by atoms with van der Waals surface area (Å²) in [6, 6.07) is 5.24. The van der Waals surface area contributed by atoms with Crippen molar-refractivity contribution in [3.8, 4) is 0 Å². The zero-order chi connectivity index (χ0) is 13.5. The summed E-state index contributed by atoms with van der Waals surface area (Å²) in [5.74, 6) is 0.170. The zero-order valence-electron chi connectivity index (χ0n) is 11.4. The smallest absolute Gasteiger partial charge is 0.146 e. The molecule has 0 aliphatic carbocycles. The van der Waals surface area contributed by atoms with Gasteiger partial charge in [-0.25, -0.2) is 4.39 Å². The summed E-state index contributed by atoms with van der Waals surface area (Å²) < 4.78 is 13.9. The number of hydrogen-bond donors (Lipinski definition) is 0. The van der Waals surface area contributed by atoms with Gasteiger partial charge in [0.2, 0.25) is 0 Å². The lowest BCUT2D eigenvalue weighted by Crippen LogP contribution is -2.27. The molecule has 1 rings (SSSR count). The molecule has 0 heterocycles. The molecule has 0 aliphatic rings. The van der Waals surface area contributed by atoms with E-state index < -0.39 is 0 Å². The second-order valence-corrected chi connectivity index (χ2v) is 4.92. The lowest BCUT2D eigenvalue weighted by Gasteiger charge is -2.24. The van der Waals surface area contributed by atoms with Crippen molar-refractivity contribution in [1.82, 2.24) is 4.90 Å². The third-order valence-corrected chi connectivity index (χ3v) is 3.23. The fraction of sp³-hybridized carbons (Fsp3) is 0.571. The number of rotatable bonds is 7. The molecule has 0 fully saturated rings. The Kier molecular flexibility index (Phi) is 6.44. The lowest BCUT2D eigenvalue weighted by atomic mass is 10.2. The third kappa shape index (κ3) is 4.46. The van der Waals surface area contributed by atoms with Gasteiger partial charge in [0.25, 0.3) is 0 Å². The molecule has 18 heavy (non-hydrogen) atoms. The van der Waals surface area contributed by atoms with Crippen molar-refractivity contribution in [2.24, 2.45) is 0 Å². The summed E-state index contributed by atoms with van der Waals surface area (Å²) >= 11 is 5.70. The summed E-state index contributed by atoms with van der Waals surface area (Å²) in [5.41, 5.74) is 1.49. The van der Waals surface area contributed by atoms with E-state index in [4.69, 9.17) is 11.6 Å². The van der Waals surface area contributed by atoms with E-state index in [1.54, 1.807) is 0 Å². The van der Waals surface area contributed by atoms with E-state index in [-0.39, 0.29) is 5.82 Å². The number of benzene rings is 1. The third-order valence-electron chi connectivity index (χ3n) is 2.92.